The number of nitrogens with zero attached hydrogens (tertiary/aromatic N) is 4. The highest BCUT2D eigenvalue weighted by Crippen LogP contribution is 2.36. The van der Waals surface area contributed by atoms with Gasteiger partial charge < -0.3 is 20.5 Å². The van der Waals surface area contributed by atoms with E-state index in [-0.39, 0.29) is 45.3 Å². The van der Waals surface area contributed by atoms with Gasteiger partial charge in [0.1, 0.15) is 17.6 Å². The van der Waals surface area contributed by atoms with Crippen LogP contribution in [-0.2, 0) is 15.7 Å². The summed E-state index contributed by atoms with van der Waals surface area (Å²) in [5.74, 6) is -2.48. The Morgan fingerprint density at radius 1 is 1.11 bits per heavy atom. The van der Waals surface area contributed by atoms with Gasteiger partial charge in [0.05, 0.1) is 30.8 Å². The van der Waals surface area contributed by atoms with E-state index in [1.54, 1.807) is 6.92 Å². The van der Waals surface area contributed by atoms with Crippen LogP contribution in [0.3, 0.4) is 0 Å². The van der Waals surface area contributed by atoms with Gasteiger partial charge in [-0.15, -0.1) is 5.10 Å². The van der Waals surface area contributed by atoms with Crippen LogP contribution < -0.4 is 21.3 Å². The number of alkyl halides is 3. The van der Waals surface area contributed by atoms with Crippen molar-refractivity contribution in [1.29, 1.82) is 0 Å². The number of hydrogen-bond donors (Lipinski definition) is 2. The molecular formula is C30H29ClF4N6O5. The number of pyridine rings is 1. The first-order valence-corrected chi connectivity index (χ1v) is 14.3. The standard InChI is InChI=1S/C26H21ClF4N6O4.C4H8O/c1-3-19(25(40)33-14-5-6-15(24(32)39)18(28)9-14)36-11-21(41-2)17(10-23(36)38)16-8-13(27)4-7-20(16)37-12-22(34-35-37)26(29,30)31;1-2-4-5-3-1/h4-12,19H,3H2,1-2H3,(H2,32,39)(H,33,40);1-4H2. The SMILES string of the molecule is C1CCOC1.CCC(C(=O)Nc1ccc(C(N)=O)c(F)c1)n1cc(OC)c(-c2cc(Cl)ccc2-n2cc(C(F)(F)F)nn2)cc1=O. The molecule has 1 saturated heterocycles. The van der Waals surface area contributed by atoms with E-state index < -0.39 is 41.1 Å². The van der Waals surface area contributed by atoms with E-state index in [1.807, 2.05) is 0 Å². The first-order valence-electron chi connectivity index (χ1n) is 13.9. The molecule has 5 rings (SSSR count). The zero-order chi connectivity index (χ0) is 33.6. The molecule has 46 heavy (non-hydrogen) atoms. The third-order valence-electron chi connectivity index (χ3n) is 6.90. The number of anilines is 1. The maximum atomic E-state index is 14.2. The maximum absolute atomic E-state index is 14.2. The topological polar surface area (TPSA) is 143 Å². The Hall–Kier alpha value is -4.76. The number of aromatic nitrogens is 4. The minimum absolute atomic E-state index is 0.0298. The van der Waals surface area contributed by atoms with Crippen molar-refractivity contribution in [3.8, 4) is 22.6 Å². The monoisotopic (exact) mass is 664 g/mol. The summed E-state index contributed by atoms with van der Waals surface area (Å²) in [7, 11) is 1.30. The minimum atomic E-state index is -4.73. The molecule has 11 nitrogen and oxygen atoms in total. The van der Waals surface area contributed by atoms with E-state index in [2.05, 4.69) is 15.6 Å². The Kier molecular flexibility index (Phi) is 10.8. The van der Waals surface area contributed by atoms with Gasteiger partial charge in [-0.2, -0.15) is 13.2 Å². The number of rotatable bonds is 8. The third kappa shape index (κ3) is 7.90. The average molecular weight is 665 g/mol. The van der Waals surface area contributed by atoms with Gasteiger partial charge >= 0.3 is 6.18 Å². The number of hydrogen-bond acceptors (Lipinski definition) is 7. The van der Waals surface area contributed by atoms with Crippen LogP contribution in [0.25, 0.3) is 16.8 Å². The van der Waals surface area contributed by atoms with Crippen LogP contribution >= 0.6 is 11.6 Å². The fourth-order valence-corrected chi connectivity index (χ4v) is 4.79. The molecule has 0 aliphatic carbocycles. The Labute approximate surface area is 264 Å². The molecule has 2 aromatic carbocycles. The van der Waals surface area contributed by atoms with E-state index in [0.29, 0.717) is 6.20 Å². The van der Waals surface area contributed by atoms with E-state index in [4.69, 9.17) is 26.8 Å². The van der Waals surface area contributed by atoms with E-state index in [9.17, 15) is 31.9 Å². The summed E-state index contributed by atoms with van der Waals surface area (Å²) in [6.07, 6.45) is -0.0713. The Balaban J connectivity index is 0.000000874. The number of halogens is 5. The fraction of sp³-hybridized carbons (Fsp3) is 0.300. The van der Waals surface area contributed by atoms with Crippen molar-refractivity contribution in [3.63, 3.8) is 0 Å². The lowest BCUT2D eigenvalue weighted by Gasteiger charge is -2.21. The lowest BCUT2D eigenvalue weighted by Crippen LogP contribution is -2.32. The molecule has 1 fully saturated rings. The molecule has 4 aromatic rings. The molecule has 3 heterocycles. The van der Waals surface area contributed by atoms with E-state index >= 15 is 0 Å². The highest BCUT2D eigenvalue weighted by atomic mass is 35.5. The number of carbonyl (C=O) groups excluding carboxylic acids is 2. The van der Waals surface area contributed by atoms with Crippen LogP contribution in [0.2, 0.25) is 5.02 Å². The fourth-order valence-electron chi connectivity index (χ4n) is 4.62. The molecule has 2 amide bonds. The number of primary amides is 1. The molecule has 0 radical (unpaired) electrons. The minimum Gasteiger partial charge on any atom is -0.495 e. The van der Waals surface area contributed by atoms with Crippen LogP contribution in [-0.4, -0.2) is 51.7 Å². The van der Waals surface area contributed by atoms with Gasteiger partial charge in [-0.1, -0.05) is 23.7 Å². The van der Waals surface area contributed by atoms with Crippen LogP contribution in [0.5, 0.6) is 5.75 Å². The number of amides is 2. The molecule has 1 aliphatic heterocycles. The molecule has 3 N–H and O–H groups in total. The maximum Gasteiger partial charge on any atom is 0.436 e. The van der Waals surface area contributed by atoms with Gasteiger partial charge in [0.2, 0.25) is 5.91 Å². The zero-order valence-corrected chi connectivity index (χ0v) is 25.4. The number of nitrogens with two attached hydrogens (primary N) is 1. The highest BCUT2D eigenvalue weighted by molar-refractivity contribution is 6.31. The number of nitrogens with one attached hydrogen (secondary N) is 1. The molecule has 0 bridgehead atoms. The summed E-state index contributed by atoms with van der Waals surface area (Å²) in [4.78, 5) is 37.6. The van der Waals surface area contributed by atoms with Crippen molar-refractivity contribution < 1.29 is 36.6 Å². The van der Waals surface area contributed by atoms with Crippen molar-refractivity contribution >= 4 is 29.1 Å². The summed E-state index contributed by atoms with van der Waals surface area (Å²) in [6, 6.07) is 7.65. The van der Waals surface area contributed by atoms with Gasteiger partial charge in [0.25, 0.3) is 11.5 Å². The molecule has 1 atom stereocenters. The largest absolute Gasteiger partial charge is 0.495 e. The number of carbonyl (C=O) groups is 2. The third-order valence-corrected chi connectivity index (χ3v) is 7.13. The van der Waals surface area contributed by atoms with Gasteiger partial charge in [-0.3, -0.25) is 19.0 Å². The summed E-state index contributed by atoms with van der Waals surface area (Å²) in [6.45, 7) is 3.64. The predicted molar refractivity (Wildman–Crippen MR) is 161 cm³/mol. The van der Waals surface area contributed by atoms with Crippen molar-refractivity contribution in [1.82, 2.24) is 19.6 Å². The van der Waals surface area contributed by atoms with E-state index in [0.717, 1.165) is 40.7 Å². The van der Waals surface area contributed by atoms with Gasteiger partial charge in [-0.25, -0.2) is 9.07 Å². The van der Waals surface area contributed by atoms with Crippen LogP contribution in [0.1, 0.15) is 48.3 Å². The van der Waals surface area contributed by atoms with E-state index in [1.165, 1.54) is 50.4 Å². The van der Waals surface area contributed by atoms with Crippen molar-refractivity contribution in [2.75, 3.05) is 25.6 Å². The highest BCUT2D eigenvalue weighted by Gasteiger charge is 2.35. The normalized spacial score (nSPS) is 13.5. The smallest absolute Gasteiger partial charge is 0.436 e. The second-order valence-electron chi connectivity index (χ2n) is 10.0. The number of benzene rings is 2. The molecule has 1 aliphatic rings. The van der Waals surface area contributed by atoms with Crippen LogP contribution in [0, 0.1) is 5.82 Å². The molecule has 2 aromatic heterocycles. The van der Waals surface area contributed by atoms with Crippen LogP contribution in [0.4, 0.5) is 23.2 Å². The molecular weight excluding hydrogens is 636 g/mol. The average Bonchev–Trinajstić information content (AvgIpc) is 3.74. The van der Waals surface area contributed by atoms with Gasteiger partial charge in [0, 0.05) is 41.1 Å². The lowest BCUT2D eigenvalue weighted by atomic mass is 10.0. The summed E-state index contributed by atoms with van der Waals surface area (Å²) in [5.41, 5.74) is 3.40. The summed E-state index contributed by atoms with van der Waals surface area (Å²) < 4.78 is 66.0. The molecule has 1 unspecified atom stereocenters. The van der Waals surface area contributed by atoms with Crippen molar-refractivity contribution in [2.45, 2.75) is 38.4 Å². The number of methoxy groups -OCH3 is 1. The molecule has 0 saturated carbocycles. The Morgan fingerprint density at radius 3 is 2.37 bits per heavy atom. The second-order valence-corrected chi connectivity index (χ2v) is 10.4. The Morgan fingerprint density at radius 2 is 1.83 bits per heavy atom. The van der Waals surface area contributed by atoms with Crippen LogP contribution in [0.15, 0.2) is 59.7 Å². The zero-order valence-electron chi connectivity index (χ0n) is 24.6. The number of ether oxygens (including phenoxy) is 2. The summed E-state index contributed by atoms with van der Waals surface area (Å²) >= 11 is 6.17. The molecule has 16 heteroatoms. The van der Waals surface area contributed by atoms with Crippen molar-refractivity contribution in [2.24, 2.45) is 5.73 Å². The first-order chi connectivity index (χ1) is 21.8. The quantitative estimate of drug-likeness (QED) is 0.240. The molecule has 0 spiro atoms. The Bertz CT molecular complexity index is 1780. The second kappa shape index (κ2) is 14.6. The van der Waals surface area contributed by atoms with Gasteiger partial charge in [0.15, 0.2) is 5.69 Å². The predicted octanol–water partition coefficient (Wildman–Crippen LogP) is 5.40. The first kappa shape index (κ1) is 34.1. The summed E-state index contributed by atoms with van der Waals surface area (Å²) in [5, 5.41) is 9.45. The van der Waals surface area contributed by atoms with Crippen molar-refractivity contribution in [3.05, 3.63) is 87.3 Å². The molecule has 244 valence electrons. The lowest BCUT2D eigenvalue weighted by molar-refractivity contribution is -0.141. The van der Waals surface area contributed by atoms with Gasteiger partial charge in [-0.05, 0) is 55.7 Å².